The Morgan fingerprint density at radius 2 is 1.19 bits per heavy atom. The average molecular weight is 635 g/mol. The third-order valence-electron chi connectivity index (χ3n) is 10.7. The predicted molar refractivity (Wildman–Crippen MR) is 206 cm³/mol. The Bertz CT molecular complexity index is 2750. The van der Waals surface area contributed by atoms with Crippen molar-refractivity contribution in [2.45, 2.75) is 32.1 Å². The summed E-state index contributed by atoms with van der Waals surface area (Å²) in [6.45, 7) is 4.76. The highest BCUT2D eigenvalue weighted by Gasteiger charge is 2.27. The van der Waals surface area contributed by atoms with E-state index < -0.39 is 0 Å². The van der Waals surface area contributed by atoms with Gasteiger partial charge in [0.1, 0.15) is 0 Å². The molecule has 0 unspecified atom stereocenters. The molecule has 1 aliphatic carbocycles. The number of aromatic nitrogens is 2. The Hall–Kier alpha value is -5.38. The molecule has 0 atom stereocenters. The maximum atomic E-state index is 2.47. The number of aryl methyl sites for hydroxylation is 1. The lowest BCUT2D eigenvalue weighted by atomic mass is 9.77. The van der Waals surface area contributed by atoms with Crippen molar-refractivity contribution in [1.82, 2.24) is 9.13 Å². The number of fused-ring (bicyclic) bond motifs is 9. The van der Waals surface area contributed by atoms with Gasteiger partial charge in [0.15, 0.2) is 0 Å². The van der Waals surface area contributed by atoms with Crippen LogP contribution in [0, 0.1) is 0 Å². The topological polar surface area (TPSA) is 9.86 Å². The molecule has 0 bridgehead atoms. The summed E-state index contributed by atoms with van der Waals surface area (Å²) >= 11 is 1.87. The zero-order chi connectivity index (χ0) is 32.0. The highest BCUT2D eigenvalue weighted by molar-refractivity contribution is 7.25. The fraction of sp³-hybridized carbons (Fsp3) is 0.111. The van der Waals surface area contributed by atoms with Gasteiger partial charge in [-0.05, 0) is 102 Å². The summed E-state index contributed by atoms with van der Waals surface area (Å²) in [5.41, 5.74) is 11.5. The van der Waals surface area contributed by atoms with E-state index in [0.29, 0.717) is 0 Å². The number of rotatable bonds is 4. The Labute approximate surface area is 283 Å². The van der Waals surface area contributed by atoms with Gasteiger partial charge in [0.05, 0.1) is 16.6 Å². The second-order valence-corrected chi connectivity index (χ2v) is 14.8. The standard InChI is InChI=1S/C45H34N2S/c1-45(2,29-20-23-41-36(26-29)33-14-6-9-17-39(33)46(41)31-12-4-3-5-13-31)30-21-24-42-37(27-30)34-15-7-10-18-40(34)47(42)32-22-25-44-38(28-32)35-16-8-11-19-43(35)48-44/h3-5,7-13,15-28H,6,14H2,1-2H3. The monoisotopic (exact) mass is 634 g/mol. The van der Waals surface area contributed by atoms with Crippen molar-refractivity contribution in [2.24, 2.45) is 0 Å². The van der Waals surface area contributed by atoms with Crippen LogP contribution >= 0.6 is 11.3 Å². The van der Waals surface area contributed by atoms with Crippen molar-refractivity contribution in [3.8, 4) is 11.4 Å². The SMILES string of the molecule is CC(C)(c1ccc2c(c1)c1c(n2-c2ccccc2)C=CCC1)c1ccc2c(c1)c1ccccc1n2-c1ccc2sc3ccccc3c2c1. The van der Waals surface area contributed by atoms with Crippen LogP contribution in [0.25, 0.3) is 70.3 Å². The van der Waals surface area contributed by atoms with Crippen LogP contribution in [0.4, 0.5) is 0 Å². The van der Waals surface area contributed by atoms with Gasteiger partial charge in [-0.1, -0.05) is 86.7 Å². The number of nitrogens with zero attached hydrogens (tertiary/aromatic N) is 2. The van der Waals surface area contributed by atoms with Crippen molar-refractivity contribution in [2.75, 3.05) is 0 Å². The van der Waals surface area contributed by atoms with Crippen LogP contribution in [-0.4, -0.2) is 9.13 Å². The Kier molecular flexibility index (Phi) is 5.95. The number of thiophene rings is 1. The molecule has 1 aliphatic rings. The summed E-state index contributed by atoms with van der Waals surface area (Å²) in [6.07, 6.45) is 6.80. The smallest absolute Gasteiger partial charge is 0.0541 e. The minimum absolute atomic E-state index is 0.188. The van der Waals surface area contributed by atoms with Gasteiger partial charge in [-0.3, -0.25) is 0 Å². The van der Waals surface area contributed by atoms with Crippen LogP contribution in [0.15, 0.2) is 140 Å². The molecule has 6 aromatic carbocycles. The van der Waals surface area contributed by atoms with Gasteiger partial charge in [0.25, 0.3) is 0 Å². The van der Waals surface area contributed by atoms with E-state index in [0.717, 1.165) is 12.8 Å². The molecule has 0 saturated carbocycles. The molecule has 2 nitrogen and oxygen atoms in total. The molecule has 0 fully saturated rings. The van der Waals surface area contributed by atoms with Crippen molar-refractivity contribution in [1.29, 1.82) is 0 Å². The van der Waals surface area contributed by atoms with E-state index in [1.807, 2.05) is 11.3 Å². The lowest BCUT2D eigenvalue weighted by Gasteiger charge is -2.27. The lowest BCUT2D eigenvalue weighted by molar-refractivity contribution is 0.643. The quantitative estimate of drug-likeness (QED) is 0.182. The first-order chi connectivity index (χ1) is 23.6. The van der Waals surface area contributed by atoms with E-state index in [-0.39, 0.29) is 5.41 Å². The molecule has 0 radical (unpaired) electrons. The zero-order valence-corrected chi connectivity index (χ0v) is 27.9. The third-order valence-corrected chi connectivity index (χ3v) is 11.9. The Balaban J connectivity index is 1.13. The predicted octanol–water partition coefficient (Wildman–Crippen LogP) is 12.4. The number of allylic oxidation sites excluding steroid dienone is 1. The molecule has 0 saturated heterocycles. The fourth-order valence-electron chi connectivity index (χ4n) is 8.14. The first-order valence-electron chi connectivity index (χ1n) is 16.9. The van der Waals surface area contributed by atoms with Gasteiger partial charge >= 0.3 is 0 Å². The van der Waals surface area contributed by atoms with E-state index in [2.05, 4.69) is 169 Å². The molecule has 3 heterocycles. The maximum absolute atomic E-state index is 2.47. The number of hydrogen-bond acceptors (Lipinski definition) is 1. The van der Waals surface area contributed by atoms with E-state index in [4.69, 9.17) is 0 Å². The molecule has 0 N–H and O–H groups in total. The second-order valence-electron chi connectivity index (χ2n) is 13.7. The molecular formula is C45H34N2S. The van der Waals surface area contributed by atoms with E-state index in [9.17, 15) is 0 Å². The van der Waals surface area contributed by atoms with E-state index in [1.54, 1.807) is 0 Å². The van der Waals surface area contributed by atoms with E-state index >= 15 is 0 Å². The van der Waals surface area contributed by atoms with Crippen LogP contribution in [0.2, 0.25) is 0 Å². The number of benzene rings is 6. The fourth-order valence-corrected chi connectivity index (χ4v) is 9.23. The molecule has 230 valence electrons. The van der Waals surface area contributed by atoms with Gasteiger partial charge in [0.2, 0.25) is 0 Å². The largest absolute Gasteiger partial charge is 0.310 e. The third kappa shape index (κ3) is 3.98. The normalized spacial score (nSPS) is 13.4. The van der Waals surface area contributed by atoms with Crippen LogP contribution in [0.5, 0.6) is 0 Å². The Morgan fingerprint density at radius 1 is 0.521 bits per heavy atom. The molecule has 3 heteroatoms. The van der Waals surface area contributed by atoms with Crippen LogP contribution in [-0.2, 0) is 11.8 Å². The van der Waals surface area contributed by atoms with Crippen molar-refractivity contribution in [3.05, 3.63) is 162 Å². The highest BCUT2D eigenvalue weighted by atomic mass is 32.1. The van der Waals surface area contributed by atoms with Crippen molar-refractivity contribution < 1.29 is 0 Å². The van der Waals surface area contributed by atoms with Crippen LogP contribution in [0.1, 0.15) is 42.7 Å². The molecule has 0 spiro atoms. The second kappa shape index (κ2) is 10.3. The molecule has 10 rings (SSSR count). The van der Waals surface area contributed by atoms with Crippen LogP contribution < -0.4 is 0 Å². The molecular weight excluding hydrogens is 601 g/mol. The zero-order valence-electron chi connectivity index (χ0n) is 27.1. The minimum Gasteiger partial charge on any atom is -0.310 e. The highest BCUT2D eigenvalue weighted by Crippen LogP contribution is 2.42. The molecule has 9 aromatic rings. The average Bonchev–Trinajstić information content (AvgIpc) is 3.79. The summed E-state index contributed by atoms with van der Waals surface area (Å²) < 4.78 is 7.56. The summed E-state index contributed by atoms with van der Waals surface area (Å²) in [5, 5.41) is 6.61. The summed E-state index contributed by atoms with van der Waals surface area (Å²) in [5.74, 6) is 0. The van der Waals surface area contributed by atoms with Gasteiger partial charge in [-0.15, -0.1) is 11.3 Å². The lowest BCUT2D eigenvalue weighted by Crippen LogP contribution is -2.18. The molecule has 48 heavy (non-hydrogen) atoms. The minimum atomic E-state index is -0.188. The van der Waals surface area contributed by atoms with Gasteiger partial charge in [-0.25, -0.2) is 0 Å². The summed E-state index contributed by atoms with van der Waals surface area (Å²) in [4.78, 5) is 0. The first kappa shape index (κ1) is 27.7. The van der Waals surface area contributed by atoms with Gasteiger partial charge < -0.3 is 9.13 Å². The van der Waals surface area contributed by atoms with Gasteiger partial charge in [-0.2, -0.15) is 0 Å². The first-order valence-corrected chi connectivity index (χ1v) is 17.7. The summed E-state index contributed by atoms with van der Waals surface area (Å²) in [7, 11) is 0. The molecule has 0 amide bonds. The number of para-hydroxylation sites is 2. The molecule has 3 aromatic heterocycles. The number of hydrogen-bond donors (Lipinski definition) is 0. The van der Waals surface area contributed by atoms with E-state index in [1.165, 1.54) is 86.6 Å². The van der Waals surface area contributed by atoms with Crippen molar-refractivity contribution in [3.63, 3.8) is 0 Å². The van der Waals surface area contributed by atoms with Crippen LogP contribution in [0.3, 0.4) is 0 Å². The van der Waals surface area contributed by atoms with Gasteiger partial charge in [0, 0.05) is 58.8 Å². The van der Waals surface area contributed by atoms with Crippen molar-refractivity contribution >= 4 is 70.3 Å². The maximum Gasteiger partial charge on any atom is 0.0541 e. The Morgan fingerprint density at radius 3 is 2.02 bits per heavy atom. The summed E-state index contributed by atoms with van der Waals surface area (Å²) in [6, 6.07) is 49.7. The molecule has 0 aliphatic heterocycles.